The van der Waals surface area contributed by atoms with E-state index in [-0.39, 0.29) is 24.3 Å². The number of hydrogen-bond acceptors (Lipinski definition) is 3. The van der Waals surface area contributed by atoms with E-state index in [4.69, 9.17) is 4.42 Å². The number of nitrogens with one attached hydrogen (secondary N) is 1. The van der Waals surface area contributed by atoms with Crippen molar-refractivity contribution in [3.63, 3.8) is 0 Å². The molecule has 23 heavy (non-hydrogen) atoms. The van der Waals surface area contributed by atoms with Gasteiger partial charge in [-0.2, -0.15) is 0 Å². The van der Waals surface area contributed by atoms with Crippen molar-refractivity contribution in [2.75, 3.05) is 6.54 Å². The van der Waals surface area contributed by atoms with Crippen molar-refractivity contribution in [2.45, 2.75) is 32.9 Å². The number of nitrogens with zero attached hydrogens (tertiary/aromatic N) is 1. The molecule has 122 valence electrons. The van der Waals surface area contributed by atoms with Gasteiger partial charge in [-0.25, -0.2) is 0 Å². The average Bonchev–Trinajstić information content (AvgIpc) is 3.08. The number of carbonyl (C=O) groups excluding carboxylic acids is 2. The summed E-state index contributed by atoms with van der Waals surface area (Å²) in [7, 11) is 0. The lowest BCUT2D eigenvalue weighted by Crippen LogP contribution is -2.39. The Morgan fingerprint density at radius 1 is 1.17 bits per heavy atom. The molecule has 0 radical (unpaired) electrons. The van der Waals surface area contributed by atoms with Gasteiger partial charge in [0.15, 0.2) is 0 Å². The first-order valence-electron chi connectivity index (χ1n) is 7.71. The van der Waals surface area contributed by atoms with Gasteiger partial charge in [0.25, 0.3) is 5.91 Å². The minimum absolute atomic E-state index is 0.0133. The summed E-state index contributed by atoms with van der Waals surface area (Å²) in [6.07, 6.45) is 3.17. The van der Waals surface area contributed by atoms with Crippen LogP contribution >= 0.6 is 0 Å². The zero-order valence-electron chi connectivity index (χ0n) is 13.5. The Hall–Kier alpha value is -2.56. The molecule has 0 aliphatic rings. The van der Waals surface area contributed by atoms with E-state index >= 15 is 0 Å². The zero-order chi connectivity index (χ0) is 16.7. The van der Waals surface area contributed by atoms with Crippen LogP contribution in [0.4, 0.5) is 0 Å². The summed E-state index contributed by atoms with van der Waals surface area (Å²) in [5.41, 5.74) is 1.56. The minimum atomic E-state index is -0.121. The smallest absolute Gasteiger partial charge is 0.257 e. The highest BCUT2D eigenvalue weighted by atomic mass is 16.3. The van der Waals surface area contributed by atoms with Crippen LogP contribution < -0.4 is 5.32 Å². The van der Waals surface area contributed by atoms with Gasteiger partial charge < -0.3 is 14.6 Å². The van der Waals surface area contributed by atoms with Gasteiger partial charge in [-0.3, -0.25) is 9.59 Å². The molecule has 5 heteroatoms. The van der Waals surface area contributed by atoms with Crippen molar-refractivity contribution in [2.24, 2.45) is 0 Å². The molecule has 0 saturated carbocycles. The van der Waals surface area contributed by atoms with E-state index in [0.29, 0.717) is 18.7 Å². The van der Waals surface area contributed by atoms with Crippen LogP contribution in [0.15, 0.2) is 53.3 Å². The zero-order valence-corrected chi connectivity index (χ0v) is 13.5. The molecule has 0 atom stereocenters. The highest BCUT2D eigenvalue weighted by molar-refractivity contribution is 5.94. The molecule has 0 aliphatic carbocycles. The molecule has 1 aromatic heterocycles. The van der Waals surface area contributed by atoms with Crippen LogP contribution in [0.1, 0.15) is 36.2 Å². The molecule has 2 amide bonds. The SMILES string of the molecule is CC(C)N(CCC(=O)NCc1ccccc1)C(=O)c1ccoc1. The summed E-state index contributed by atoms with van der Waals surface area (Å²) < 4.78 is 4.95. The highest BCUT2D eigenvalue weighted by Crippen LogP contribution is 2.10. The number of furan rings is 1. The number of amides is 2. The third-order valence-corrected chi connectivity index (χ3v) is 3.56. The van der Waals surface area contributed by atoms with E-state index in [1.165, 1.54) is 12.5 Å². The Morgan fingerprint density at radius 3 is 2.52 bits per heavy atom. The Labute approximate surface area is 136 Å². The van der Waals surface area contributed by atoms with Crippen LogP contribution in [-0.2, 0) is 11.3 Å². The lowest BCUT2D eigenvalue weighted by atomic mass is 10.2. The highest BCUT2D eigenvalue weighted by Gasteiger charge is 2.20. The molecule has 5 nitrogen and oxygen atoms in total. The van der Waals surface area contributed by atoms with Gasteiger partial charge in [0, 0.05) is 25.6 Å². The lowest BCUT2D eigenvalue weighted by Gasteiger charge is -2.26. The standard InChI is InChI=1S/C18H22N2O3/c1-14(2)20(18(22)16-9-11-23-13-16)10-8-17(21)19-12-15-6-4-3-5-7-15/h3-7,9,11,13-14H,8,10,12H2,1-2H3,(H,19,21). The van der Waals surface area contributed by atoms with Crippen LogP contribution in [0.25, 0.3) is 0 Å². The first-order valence-corrected chi connectivity index (χ1v) is 7.71. The molecular formula is C18H22N2O3. The molecule has 0 bridgehead atoms. The summed E-state index contributed by atoms with van der Waals surface area (Å²) >= 11 is 0. The minimum Gasteiger partial charge on any atom is -0.472 e. The Kier molecular flexibility index (Phi) is 5.97. The van der Waals surface area contributed by atoms with Crippen LogP contribution in [0.2, 0.25) is 0 Å². The monoisotopic (exact) mass is 314 g/mol. The third kappa shape index (κ3) is 4.98. The number of rotatable bonds is 7. The molecule has 0 spiro atoms. The fraction of sp³-hybridized carbons (Fsp3) is 0.333. The summed E-state index contributed by atoms with van der Waals surface area (Å²) in [4.78, 5) is 26.0. The summed E-state index contributed by atoms with van der Waals surface area (Å²) in [6, 6.07) is 11.4. The molecule has 1 aromatic carbocycles. The van der Waals surface area contributed by atoms with E-state index in [1.54, 1.807) is 11.0 Å². The molecule has 1 heterocycles. The van der Waals surface area contributed by atoms with E-state index in [0.717, 1.165) is 5.56 Å². The maximum atomic E-state index is 12.4. The number of hydrogen-bond donors (Lipinski definition) is 1. The molecule has 2 rings (SSSR count). The van der Waals surface area contributed by atoms with Crippen LogP contribution in [0.3, 0.4) is 0 Å². The normalized spacial score (nSPS) is 10.6. The van der Waals surface area contributed by atoms with Gasteiger partial charge >= 0.3 is 0 Å². The maximum Gasteiger partial charge on any atom is 0.257 e. The second kappa shape index (κ2) is 8.17. The van der Waals surface area contributed by atoms with Crippen molar-refractivity contribution in [1.29, 1.82) is 0 Å². The molecule has 2 aromatic rings. The lowest BCUT2D eigenvalue weighted by molar-refractivity contribution is -0.121. The van der Waals surface area contributed by atoms with Crippen molar-refractivity contribution >= 4 is 11.8 Å². The van der Waals surface area contributed by atoms with E-state index in [2.05, 4.69) is 5.32 Å². The predicted octanol–water partition coefficient (Wildman–Crippen LogP) is 2.84. The molecular weight excluding hydrogens is 292 g/mol. The molecule has 1 N–H and O–H groups in total. The van der Waals surface area contributed by atoms with Crippen LogP contribution in [-0.4, -0.2) is 29.3 Å². The van der Waals surface area contributed by atoms with Crippen LogP contribution in [0, 0.1) is 0 Å². The van der Waals surface area contributed by atoms with Crippen molar-refractivity contribution in [3.05, 3.63) is 60.1 Å². The van der Waals surface area contributed by atoms with Gasteiger partial charge in [0.1, 0.15) is 6.26 Å². The van der Waals surface area contributed by atoms with Gasteiger partial charge in [0.2, 0.25) is 5.91 Å². The molecule has 0 unspecified atom stereocenters. The van der Waals surface area contributed by atoms with E-state index < -0.39 is 0 Å². The van der Waals surface area contributed by atoms with Crippen molar-refractivity contribution in [1.82, 2.24) is 10.2 Å². The van der Waals surface area contributed by atoms with Crippen molar-refractivity contribution in [3.8, 4) is 0 Å². The van der Waals surface area contributed by atoms with Gasteiger partial charge in [0.05, 0.1) is 11.8 Å². The Morgan fingerprint density at radius 2 is 1.91 bits per heavy atom. The maximum absolute atomic E-state index is 12.4. The average molecular weight is 314 g/mol. The van der Waals surface area contributed by atoms with Gasteiger partial charge in [-0.05, 0) is 25.5 Å². The third-order valence-electron chi connectivity index (χ3n) is 3.56. The molecule has 0 saturated heterocycles. The second-order valence-electron chi connectivity index (χ2n) is 5.62. The summed E-state index contributed by atoms with van der Waals surface area (Å²) in [6.45, 7) is 4.74. The molecule has 0 fully saturated rings. The quantitative estimate of drug-likeness (QED) is 0.855. The Bertz CT molecular complexity index is 621. The predicted molar refractivity (Wildman–Crippen MR) is 87.8 cm³/mol. The summed E-state index contributed by atoms with van der Waals surface area (Å²) in [5, 5.41) is 2.87. The van der Waals surface area contributed by atoms with Crippen molar-refractivity contribution < 1.29 is 14.0 Å². The van der Waals surface area contributed by atoms with E-state index in [9.17, 15) is 9.59 Å². The summed E-state index contributed by atoms with van der Waals surface area (Å²) in [5.74, 6) is -0.191. The Balaban J connectivity index is 1.84. The number of benzene rings is 1. The van der Waals surface area contributed by atoms with Crippen LogP contribution in [0.5, 0.6) is 0 Å². The first-order chi connectivity index (χ1) is 11.1. The fourth-order valence-corrected chi connectivity index (χ4v) is 2.25. The molecule has 0 aliphatic heterocycles. The fourth-order valence-electron chi connectivity index (χ4n) is 2.25. The first kappa shape index (κ1) is 16.8. The van der Waals surface area contributed by atoms with Gasteiger partial charge in [-0.1, -0.05) is 30.3 Å². The second-order valence-corrected chi connectivity index (χ2v) is 5.62. The largest absolute Gasteiger partial charge is 0.472 e. The topological polar surface area (TPSA) is 62.6 Å². The number of carbonyl (C=O) groups is 2. The van der Waals surface area contributed by atoms with E-state index in [1.807, 2.05) is 44.2 Å². The van der Waals surface area contributed by atoms with Gasteiger partial charge in [-0.15, -0.1) is 0 Å².